The van der Waals surface area contributed by atoms with Crippen molar-refractivity contribution in [2.75, 3.05) is 5.75 Å². The summed E-state index contributed by atoms with van der Waals surface area (Å²) in [5.74, 6) is 1.05. The summed E-state index contributed by atoms with van der Waals surface area (Å²) in [6.45, 7) is 0. The number of hydrogen-bond donors (Lipinski definition) is 0. The van der Waals surface area contributed by atoms with Crippen molar-refractivity contribution in [1.82, 2.24) is 19.6 Å². The molecule has 0 spiro atoms. The van der Waals surface area contributed by atoms with Crippen molar-refractivity contribution in [2.45, 2.75) is 11.6 Å². The molecule has 2 aromatic heterocycles. The Kier molecular flexibility index (Phi) is 5.53. The van der Waals surface area contributed by atoms with Gasteiger partial charge >= 0.3 is 0 Å². The average molecular weight is 489 g/mol. The topological polar surface area (TPSA) is 60.2 Å². The highest BCUT2D eigenvalue weighted by Crippen LogP contribution is 2.25. The molecule has 0 N–H and O–H groups in total. The van der Waals surface area contributed by atoms with E-state index in [1.807, 2.05) is 66.7 Å². The molecule has 0 aliphatic rings. The van der Waals surface area contributed by atoms with Crippen LogP contribution in [0.15, 0.2) is 88.5 Å². The van der Waals surface area contributed by atoms with E-state index in [1.165, 1.54) is 11.8 Å². The van der Waals surface area contributed by atoms with Gasteiger partial charge in [-0.1, -0.05) is 82.3 Å². The molecule has 0 saturated carbocycles. The number of nitrogens with zero attached hydrogens (tertiary/aromatic N) is 4. The van der Waals surface area contributed by atoms with Gasteiger partial charge in [-0.2, -0.15) is 4.52 Å². The van der Waals surface area contributed by atoms with Gasteiger partial charge in [0.1, 0.15) is 0 Å². The van der Waals surface area contributed by atoms with Crippen molar-refractivity contribution >= 4 is 50.0 Å². The van der Waals surface area contributed by atoms with E-state index in [4.69, 9.17) is 15.1 Å². The minimum Gasteiger partial charge on any atom is -0.293 e. The SMILES string of the molecule is O=C(CSc1nc2ccccc2c2nc(Cc3ccccc3)nn12)c1ccc(Br)cc1. The molecule has 152 valence electrons. The lowest BCUT2D eigenvalue weighted by Gasteiger charge is -2.06. The number of para-hydroxylation sites is 1. The van der Waals surface area contributed by atoms with Crippen LogP contribution in [0.2, 0.25) is 0 Å². The van der Waals surface area contributed by atoms with Gasteiger partial charge in [0.05, 0.1) is 11.3 Å². The second kappa shape index (κ2) is 8.61. The molecule has 0 fully saturated rings. The number of hydrogen-bond acceptors (Lipinski definition) is 5. The van der Waals surface area contributed by atoms with Crippen molar-refractivity contribution in [1.29, 1.82) is 0 Å². The number of halogens is 1. The van der Waals surface area contributed by atoms with Gasteiger partial charge in [-0.3, -0.25) is 4.79 Å². The van der Waals surface area contributed by atoms with Crippen molar-refractivity contribution in [3.63, 3.8) is 0 Å². The monoisotopic (exact) mass is 488 g/mol. The normalized spacial score (nSPS) is 11.3. The summed E-state index contributed by atoms with van der Waals surface area (Å²) in [5.41, 5.74) is 3.42. The fourth-order valence-electron chi connectivity index (χ4n) is 3.37. The number of carbonyl (C=O) groups excluding carboxylic acids is 1. The number of ketones is 1. The first-order valence-electron chi connectivity index (χ1n) is 9.77. The zero-order valence-electron chi connectivity index (χ0n) is 16.4. The summed E-state index contributed by atoms with van der Waals surface area (Å²) in [6.07, 6.45) is 0.638. The Morgan fingerprint density at radius 2 is 1.65 bits per heavy atom. The third-order valence-corrected chi connectivity index (χ3v) is 6.35. The largest absolute Gasteiger partial charge is 0.293 e. The lowest BCUT2D eigenvalue weighted by molar-refractivity contribution is 0.102. The van der Waals surface area contributed by atoms with Crippen LogP contribution in [0.5, 0.6) is 0 Å². The Morgan fingerprint density at radius 1 is 0.903 bits per heavy atom. The molecule has 2 heterocycles. The van der Waals surface area contributed by atoms with Gasteiger partial charge < -0.3 is 0 Å². The van der Waals surface area contributed by atoms with Crippen molar-refractivity contribution < 1.29 is 4.79 Å². The molecule has 5 nitrogen and oxygen atoms in total. The predicted octanol–water partition coefficient (Wildman–Crippen LogP) is 5.61. The molecule has 5 aromatic rings. The summed E-state index contributed by atoms with van der Waals surface area (Å²) in [7, 11) is 0. The smallest absolute Gasteiger partial charge is 0.192 e. The number of rotatable bonds is 6. The van der Waals surface area contributed by atoms with Gasteiger partial charge in [0, 0.05) is 21.8 Å². The predicted molar refractivity (Wildman–Crippen MR) is 127 cm³/mol. The zero-order valence-corrected chi connectivity index (χ0v) is 18.8. The minimum atomic E-state index is 0.0465. The first-order chi connectivity index (χ1) is 15.2. The molecule has 0 aliphatic carbocycles. The lowest BCUT2D eigenvalue weighted by atomic mass is 10.1. The highest BCUT2D eigenvalue weighted by Gasteiger charge is 2.16. The van der Waals surface area contributed by atoms with E-state index < -0.39 is 0 Å². The Morgan fingerprint density at radius 3 is 2.45 bits per heavy atom. The van der Waals surface area contributed by atoms with E-state index in [-0.39, 0.29) is 11.5 Å². The summed E-state index contributed by atoms with van der Waals surface area (Å²) < 4.78 is 2.71. The third-order valence-electron chi connectivity index (χ3n) is 4.90. The maximum atomic E-state index is 12.7. The molecule has 0 aliphatic heterocycles. The fraction of sp³-hybridized carbons (Fsp3) is 0.0833. The second-order valence-electron chi connectivity index (χ2n) is 7.06. The van der Waals surface area contributed by atoms with E-state index in [9.17, 15) is 4.79 Å². The molecule has 0 amide bonds. The van der Waals surface area contributed by atoms with Crippen molar-refractivity contribution in [3.8, 4) is 0 Å². The first kappa shape index (κ1) is 19.9. The van der Waals surface area contributed by atoms with Crippen LogP contribution in [0.1, 0.15) is 21.7 Å². The lowest BCUT2D eigenvalue weighted by Crippen LogP contribution is -2.05. The number of aromatic nitrogens is 4. The first-order valence-corrected chi connectivity index (χ1v) is 11.5. The Hall–Kier alpha value is -3.03. The molecule has 7 heteroatoms. The average Bonchev–Trinajstić information content (AvgIpc) is 3.22. The minimum absolute atomic E-state index is 0.0465. The van der Waals surface area contributed by atoms with Gasteiger partial charge in [-0.05, 0) is 29.8 Å². The van der Waals surface area contributed by atoms with Gasteiger partial charge in [0.15, 0.2) is 22.4 Å². The van der Waals surface area contributed by atoms with Crippen LogP contribution in [0.4, 0.5) is 0 Å². The van der Waals surface area contributed by atoms with Crippen LogP contribution in [0, 0.1) is 0 Å². The second-order valence-corrected chi connectivity index (χ2v) is 8.91. The number of fused-ring (bicyclic) bond motifs is 3. The molecule has 0 unspecified atom stereocenters. The molecular weight excluding hydrogens is 472 g/mol. The standard InChI is InChI=1S/C24H17BrN4OS/c25-18-12-10-17(11-13-18)21(30)15-31-24-26-20-9-5-4-8-19(20)23-27-22(28-29(23)24)14-16-6-2-1-3-7-16/h1-13H,14-15H2. The number of thioether (sulfide) groups is 1. The van der Waals surface area contributed by atoms with Gasteiger partial charge in [0.2, 0.25) is 0 Å². The Bertz CT molecular complexity index is 1380. The summed E-state index contributed by atoms with van der Waals surface area (Å²) in [5, 5.41) is 6.33. The number of benzene rings is 3. The van der Waals surface area contributed by atoms with Crippen molar-refractivity contribution in [2.24, 2.45) is 0 Å². The molecule has 31 heavy (non-hydrogen) atoms. The molecule has 0 bridgehead atoms. The summed E-state index contributed by atoms with van der Waals surface area (Å²) in [4.78, 5) is 22.2. The highest BCUT2D eigenvalue weighted by atomic mass is 79.9. The zero-order chi connectivity index (χ0) is 21.2. The quantitative estimate of drug-likeness (QED) is 0.176. The van der Waals surface area contributed by atoms with E-state index >= 15 is 0 Å². The van der Waals surface area contributed by atoms with Gasteiger partial charge in [-0.25, -0.2) is 9.97 Å². The number of carbonyl (C=O) groups is 1. The van der Waals surface area contributed by atoms with E-state index in [2.05, 4.69) is 28.1 Å². The molecule has 0 saturated heterocycles. The molecular formula is C24H17BrN4OS. The van der Waals surface area contributed by atoms with Gasteiger partial charge in [0.25, 0.3) is 0 Å². The fourth-order valence-corrected chi connectivity index (χ4v) is 4.47. The van der Waals surface area contributed by atoms with Crippen LogP contribution in [0.3, 0.4) is 0 Å². The van der Waals surface area contributed by atoms with Crippen LogP contribution in [-0.2, 0) is 6.42 Å². The highest BCUT2D eigenvalue weighted by molar-refractivity contribution is 9.10. The Labute approximate surface area is 191 Å². The van der Waals surface area contributed by atoms with Crippen LogP contribution in [0.25, 0.3) is 16.6 Å². The van der Waals surface area contributed by atoms with Gasteiger partial charge in [-0.15, -0.1) is 5.10 Å². The maximum absolute atomic E-state index is 12.7. The maximum Gasteiger partial charge on any atom is 0.192 e. The van der Waals surface area contributed by atoms with Crippen molar-refractivity contribution in [3.05, 3.63) is 100 Å². The molecule has 0 radical (unpaired) electrons. The molecule has 5 rings (SSSR count). The molecule has 3 aromatic carbocycles. The number of Topliss-reactive ketones (excluding diaryl/α,β-unsaturated/α-hetero) is 1. The van der Waals surface area contributed by atoms with E-state index in [0.29, 0.717) is 17.1 Å². The van der Waals surface area contributed by atoms with Crippen LogP contribution in [-0.4, -0.2) is 31.1 Å². The van der Waals surface area contributed by atoms with Crippen LogP contribution < -0.4 is 0 Å². The summed E-state index contributed by atoms with van der Waals surface area (Å²) >= 11 is 4.78. The van der Waals surface area contributed by atoms with Crippen LogP contribution >= 0.6 is 27.7 Å². The molecule has 0 atom stereocenters. The van der Waals surface area contributed by atoms with E-state index in [1.54, 1.807) is 4.52 Å². The van der Waals surface area contributed by atoms with E-state index in [0.717, 1.165) is 32.4 Å². The third kappa shape index (κ3) is 4.24. The summed E-state index contributed by atoms with van der Waals surface area (Å²) in [6, 6.07) is 25.4. The Balaban J connectivity index is 1.50.